The number of hydrogen-bond donors (Lipinski definition) is 1. The molecule has 1 fully saturated rings. The van der Waals surface area contributed by atoms with Gasteiger partial charge in [-0.15, -0.1) is 11.3 Å². The third-order valence-electron chi connectivity index (χ3n) is 3.56. The van der Waals surface area contributed by atoms with E-state index in [1.165, 1.54) is 30.7 Å². The van der Waals surface area contributed by atoms with Gasteiger partial charge < -0.3 is 5.32 Å². The molecule has 0 aromatic carbocycles. The van der Waals surface area contributed by atoms with Crippen LogP contribution >= 0.6 is 11.3 Å². The molecule has 1 aliphatic rings. The summed E-state index contributed by atoms with van der Waals surface area (Å²) in [6, 6.07) is 0. The molecule has 0 aliphatic heterocycles. The molecule has 2 atom stereocenters. The highest BCUT2D eigenvalue weighted by molar-refractivity contribution is 7.09. The minimum absolute atomic E-state index is 0.159. The van der Waals surface area contributed by atoms with Gasteiger partial charge >= 0.3 is 0 Å². The molecule has 0 bridgehead atoms. The summed E-state index contributed by atoms with van der Waals surface area (Å²) < 4.78 is 0. The summed E-state index contributed by atoms with van der Waals surface area (Å²) in [7, 11) is 2.07. The van der Waals surface area contributed by atoms with E-state index in [1.54, 1.807) is 11.3 Å². The number of nitrogens with one attached hydrogen (secondary N) is 1. The maximum Gasteiger partial charge on any atom is 0.113 e. The molecule has 1 aromatic rings. The van der Waals surface area contributed by atoms with Crippen LogP contribution in [0.15, 0.2) is 11.6 Å². The Kier molecular flexibility index (Phi) is 2.88. The highest BCUT2D eigenvalue weighted by Gasteiger charge is 2.40. The average Bonchev–Trinajstić information content (AvgIpc) is 2.72. The van der Waals surface area contributed by atoms with Crippen molar-refractivity contribution in [2.75, 3.05) is 7.05 Å². The molecule has 1 N–H and O–H groups in total. The maximum atomic E-state index is 4.49. The fraction of sp³-hybridized carbons (Fsp3) is 0.727. The van der Waals surface area contributed by atoms with E-state index in [4.69, 9.17) is 0 Å². The second-order valence-electron chi connectivity index (χ2n) is 4.21. The highest BCUT2D eigenvalue weighted by atomic mass is 32.1. The van der Waals surface area contributed by atoms with Crippen molar-refractivity contribution in [3.05, 3.63) is 16.6 Å². The quantitative estimate of drug-likeness (QED) is 0.812. The van der Waals surface area contributed by atoms with E-state index in [0.29, 0.717) is 5.92 Å². The van der Waals surface area contributed by atoms with Gasteiger partial charge in [0.2, 0.25) is 0 Å². The van der Waals surface area contributed by atoms with Crippen LogP contribution in [0.3, 0.4) is 0 Å². The molecule has 14 heavy (non-hydrogen) atoms. The Morgan fingerprint density at radius 2 is 2.43 bits per heavy atom. The van der Waals surface area contributed by atoms with Crippen LogP contribution in [0.25, 0.3) is 0 Å². The van der Waals surface area contributed by atoms with Gasteiger partial charge in [0, 0.05) is 11.6 Å². The van der Waals surface area contributed by atoms with Gasteiger partial charge in [-0.25, -0.2) is 4.98 Å². The molecule has 1 aromatic heterocycles. The average molecular weight is 210 g/mol. The first-order valence-electron chi connectivity index (χ1n) is 5.38. The molecule has 1 heterocycles. The van der Waals surface area contributed by atoms with Gasteiger partial charge in [0.05, 0.1) is 5.54 Å². The van der Waals surface area contributed by atoms with Crippen molar-refractivity contribution < 1.29 is 0 Å². The summed E-state index contributed by atoms with van der Waals surface area (Å²) in [4.78, 5) is 4.49. The van der Waals surface area contributed by atoms with Crippen molar-refractivity contribution in [3.8, 4) is 0 Å². The predicted octanol–water partition coefficient (Wildman–Crippen LogP) is 2.77. The van der Waals surface area contributed by atoms with Crippen LogP contribution in [0, 0.1) is 5.92 Å². The minimum atomic E-state index is 0.159. The SMILES string of the molecule is CNC1(c2nccs2)CCCCC1C. The van der Waals surface area contributed by atoms with E-state index in [2.05, 4.69) is 29.7 Å². The third kappa shape index (κ3) is 1.48. The van der Waals surface area contributed by atoms with Gasteiger partial charge in [-0.05, 0) is 25.8 Å². The van der Waals surface area contributed by atoms with Crippen LogP contribution in [-0.4, -0.2) is 12.0 Å². The van der Waals surface area contributed by atoms with E-state index < -0.39 is 0 Å². The van der Waals surface area contributed by atoms with Crippen molar-refractivity contribution in [2.45, 2.75) is 38.1 Å². The topological polar surface area (TPSA) is 24.9 Å². The van der Waals surface area contributed by atoms with Crippen molar-refractivity contribution in [3.63, 3.8) is 0 Å². The number of hydrogen-bond acceptors (Lipinski definition) is 3. The molecule has 1 saturated carbocycles. The number of thiazole rings is 1. The summed E-state index contributed by atoms with van der Waals surface area (Å²) in [5, 5.41) is 6.87. The standard InChI is InChI=1S/C11H18N2S/c1-9-5-3-4-6-11(9,12-2)10-13-7-8-14-10/h7-9,12H,3-6H2,1-2H3. The Bertz CT molecular complexity index is 283. The van der Waals surface area contributed by atoms with Gasteiger partial charge in [0.15, 0.2) is 0 Å². The largest absolute Gasteiger partial charge is 0.308 e. The number of rotatable bonds is 2. The molecule has 3 heteroatoms. The second kappa shape index (κ2) is 3.99. The van der Waals surface area contributed by atoms with Gasteiger partial charge in [-0.2, -0.15) is 0 Å². The Hall–Kier alpha value is -0.410. The zero-order valence-electron chi connectivity index (χ0n) is 8.92. The summed E-state index contributed by atoms with van der Waals surface area (Å²) >= 11 is 1.78. The van der Waals surface area contributed by atoms with Crippen LogP contribution < -0.4 is 5.32 Å². The van der Waals surface area contributed by atoms with Crippen LogP contribution in [-0.2, 0) is 5.54 Å². The van der Waals surface area contributed by atoms with E-state index >= 15 is 0 Å². The third-order valence-corrected chi connectivity index (χ3v) is 4.51. The van der Waals surface area contributed by atoms with Gasteiger partial charge in [0.1, 0.15) is 5.01 Å². The zero-order valence-corrected chi connectivity index (χ0v) is 9.73. The lowest BCUT2D eigenvalue weighted by molar-refractivity contribution is 0.165. The molecule has 1 aliphatic carbocycles. The lowest BCUT2D eigenvalue weighted by Crippen LogP contribution is -2.47. The molecule has 2 unspecified atom stereocenters. The van der Waals surface area contributed by atoms with Crippen molar-refractivity contribution >= 4 is 11.3 Å². The van der Waals surface area contributed by atoms with Crippen molar-refractivity contribution in [1.29, 1.82) is 0 Å². The second-order valence-corrected chi connectivity index (χ2v) is 5.10. The molecule has 0 radical (unpaired) electrons. The first-order valence-corrected chi connectivity index (χ1v) is 6.26. The molecular formula is C11H18N2S. The van der Waals surface area contributed by atoms with Crippen LogP contribution in [0.1, 0.15) is 37.6 Å². The molecule has 0 amide bonds. The Labute approximate surface area is 89.8 Å². The fourth-order valence-electron chi connectivity index (χ4n) is 2.59. The van der Waals surface area contributed by atoms with Crippen LogP contribution in [0.2, 0.25) is 0 Å². The Balaban J connectivity index is 2.32. The highest BCUT2D eigenvalue weighted by Crippen LogP contribution is 2.41. The Morgan fingerprint density at radius 1 is 1.57 bits per heavy atom. The number of nitrogens with zero attached hydrogens (tertiary/aromatic N) is 1. The van der Waals surface area contributed by atoms with Gasteiger partial charge in [0.25, 0.3) is 0 Å². The first kappa shape index (κ1) is 10.1. The summed E-state index contributed by atoms with van der Waals surface area (Å²) in [6.45, 7) is 2.34. The van der Waals surface area contributed by atoms with Gasteiger partial charge in [-0.3, -0.25) is 0 Å². The zero-order chi connectivity index (χ0) is 10.0. The molecule has 2 nitrogen and oxygen atoms in total. The molecule has 2 rings (SSSR count). The van der Waals surface area contributed by atoms with Gasteiger partial charge in [-0.1, -0.05) is 19.8 Å². The van der Waals surface area contributed by atoms with Crippen molar-refractivity contribution in [2.24, 2.45) is 5.92 Å². The summed E-state index contributed by atoms with van der Waals surface area (Å²) in [5.74, 6) is 0.701. The Morgan fingerprint density at radius 3 is 3.00 bits per heavy atom. The normalized spacial score (nSPS) is 33.1. The summed E-state index contributed by atoms with van der Waals surface area (Å²) in [6.07, 6.45) is 7.17. The molecule has 0 spiro atoms. The maximum absolute atomic E-state index is 4.49. The molecule has 78 valence electrons. The first-order chi connectivity index (χ1) is 6.79. The van der Waals surface area contributed by atoms with E-state index in [-0.39, 0.29) is 5.54 Å². The summed E-state index contributed by atoms with van der Waals surface area (Å²) in [5.41, 5.74) is 0.159. The fourth-order valence-corrected chi connectivity index (χ4v) is 3.57. The van der Waals surface area contributed by atoms with E-state index in [1.807, 2.05) is 6.20 Å². The van der Waals surface area contributed by atoms with E-state index in [9.17, 15) is 0 Å². The van der Waals surface area contributed by atoms with E-state index in [0.717, 1.165) is 0 Å². The minimum Gasteiger partial charge on any atom is -0.308 e. The number of aromatic nitrogens is 1. The smallest absolute Gasteiger partial charge is 0.113 e. The molecule has 0 saturated heterocycles. The lowest BCUT2D eigenvalue weighted by atomic mass is 9.74. The van der Waals surface area contributed by atoms with Crippen molar-refractivity contribution in [1.82, 2.24) is 10.3 Å². The molecular weight excluding hydrogens is 192 g/mol. The predicted molar refractivity (Wildman–Crippen MR) is 60.5 cm³/mol. The monoisotopic (exact) mass is 210 g/mol. The van der Waals surface area contributed by atoms with Crippen LogP contribution in [0.4, 0.5) is 0 Å². The van der Waals surface area contributed by atoms with Crippen LogP contribution in [0.5, 0.6) is 0 Å². The lowest BCUT2D eigenvalue weighted by Gasteiger charge is -2.41.